The number of likely N-dealkylation sites (tertiary alicyclic amines) is 1. The van der Waals surface area contributed by atoms with Crippen LogP contribution >= 0.6 is 11.3 Å². The predicted molar refractivity (Wildman–Crippen MR) is 119 cm³/mol. The van der Waals surface area contributed by atoms with Crippen LogP contribution in [0.5, 0.6) is 0 Å². The third-order valence-electron chi connectivity index (χ3n) is 4.01. The van der Waals surface area contributed by atoms with Crippen LogP contribution in [0.3, 0.4) is 0 Å². The van der Waals surface area contributed by atoms with E-state index in [1.807, 2.05) is 43.7 Å². The number of hydrogen-bond donors (Lipinski definition) is 1. The molecule has 1 saturated carbocycles. The normalized spacial score (nSPS) is 19.6. The highest BCUT2D eigenvalue weighted by atomic mass is 32.1. The van der Waals surface area contributed by atoms with Gasteiger partial charge in [0.05, 0.1) is 20.6 Å². The second kappa shape index (κ2) is 20.6. The Bertz CT molecular complexity index is 343. The summed E-state index contributed by atoms with van der Waals surface area (Å²) in [6.45, 7) is 10.2. The summed E-state index contributed by atoms with van der Waals surface area (Å²) in [5.41, 5.74) is 0. The van der Waals surface area contributed by atoms with Gasteiger partial charge in [0.1, 0.15) is 18.9 Å². The average Bonchev–Trinajstić information content (AvgIpc) is 3.35. The Labute approximate surface area is 168 Å². The summed E-state index contributed by atoms with van der Waals surface area (Å²) in [7, 11) is 4.30. The monoisotopic (exact) mass is 388 g/mol. The number of hydrogen-bond acceptors (Lipinski definition) is 3. The minimum atomic E-state index is -0.0370. The summed E-state index contributed by atoms with van der Waals surface area (Å²) in [4.78, 5) is 9.17. The van der Waals surface area contributed by atoms with Crippen LogP contribution < -0.4 is 0 Å². The lowest BCUT2D eigenvalue weighted by molar-refractivity contribution is -0.879. The van der Waals surface area contributed by atoms with Gasteiger partial charge in [-0.05, 0) is 16.7 Å². The molecule has 1 unspecified atom stereocenters. The average molecular weight is 389 g/mol. The summed E-state index contributed by atoms with van der Waals surface area (Å²) >= 11 is 1.71. The van der Waals surface area contributed by atoms with Gasteiger partial charge in [-0.3, -0.25) is 0 Å². The van der Waals surface area contributed by atoms with Gasteiger partial charge in [0.25, 0.3) is 0 Å². The first-order valence-corrected chi connectivity index (χ1v) is 10.8. The highest BCUT2D eigenvalue weighted by Crippen LogP contribution is 2.22. The standard InChI is InChI=1S/C6H14NO.C6H12.C4H4S.C3H6O.C2H6.CH4/c1-7(2)4-3-6(8)5-7;1-6-4-2-3-5-6;1-2-4-5-3-1;1-2-3-4;1-2;/h6,8H,3-5H2,1-2H3;6H,2-5H2,1H3;1-4H;3H,2H2,1H3;1-2H3;1H4/q+1;;;;;. The Balaban J connectivity index is -0.000000267. The number of nitrogens with zero attached hydrogens (tertiary/aromatic N) is 1. The number of aldehydes is 1. The third kappa shape index (κ3) is 21.3. The zero-order valence-corrected chi connectivity index (χ0v) is 18.2. The quantitative estimate of drug-likeness (QED) is 0.471. The lowest BCUT2D eigenvalue weighted by Crippen LogP contribution is -2.37. The van der Waals surface area contributed by atoms with Crippen molar-refractivity contribution in [3.8, 4) is 0 Å². The van der Waals surface area contributed by atoms with Crippen LogP contribution in [-0.2, 0) is 4.79 Å². The van der Waals surface area contributed by atoms with E-state index in [2.05, 4.69) is 21.0 Å². The van der Waals surface area contributed by atoms with Crippen LogP contribution in [0.2, 0.25) is 0 Å². The molecule has 2 fully saturated rings. The van der Waals surface area contributed by atoms with Gasteiger partial charge in [-0.2, -0.15) is 11.3 Å². The molecule has 1 saturated heterocycles. The molecule has 2 heterocycles. The van der Waals surface area contributed by atoms with Crippen molar-refractivity contribution in [2.45, 2.75) is 79.8 Å². The molecule has 0 spiro atoms. The van der Waals surface area contributed by atoms with Gasteiger partial charge >= 0.3 is 0 Å². The fourth-order valence-corrected chi connectivity index (χ4v) is 3.06. The zero-order chi connectivity index (χ0) is 19.6. The largest absolute Gasteiger partial charge is 0.387 e. The molecule has 3 rings (SSSR count). The molecule has 1 aliphatic heterocycles. The van der Waals surface area contributed by atoms with Crippen molar-refractivity contribution in [1.29, 1.82) is 0 Å². The predicted octanol–water partition coefficient (Wildman–Crippen LogP) is 6.03. The highest BCUT2D eigenvalue weighted by Gasteiger charge is 2.28. The van der Waals surface area contributed by atoms with Gasteiger partial charge in [-0.1, -0.05) is 72.9 Å². The number of quaternary nitrogens is 1. The molecule has 3 nitrogen and oxygen atoms in total. The van der Waals surface area contributed by atoms with Gasteiger partial charge < -0.3 is 14.4 Å². The van der Waals surface area contributed by atoms with Crippen LogP contribution in [0.25, 0.3) is 0 Å². The Morgan fingerprint density at radius 3 is 1.69 bits per heavy atom. The first-order chi connectivity index (χ1) is 11.9. The lowest BCUT2D eigenvalue weighted by Gasteiger charge is -2.22. The minimum absolute atomic E-state index is 0. The summed E-state index contributed by atoms with van der Waals surface area (Å²) < 4.78 is 0.987. The maximum atomic E-state index is 9.17. The molecular weight excluding hydrogens is 342 g/mol. The molecular formula is C22H46NO2S+. The van der Waals surface area contributed by atoms with Gasteiger partial charge in [-0.15, -0.1) is 0 Å². The zero-order valence-electron chi connectivity index (χ0n) is 17.4. The van der Waals surface area contributed by atoms with E-state index in [0.29, 0.717) is 6.42 Å². The molecule has 1 N–H and O–H groups in total. The second-order valence-electron chi connectivity index (χ2n) is 7.04. The molecule has 0 aromatic carbocycles. The Morgan fingerprint density at radius 2 is 1.58 bits per heavy atom. The Morgan fingerprint density at radius 1 is 1.12 bits per heavy atom. The maximum absolute atomic E-state index is 9.17. The number of carbonyl (C=O) groups excluding carboxylic acids is 1. The van der Waals surface area contributed by atoms with Crippen molar-refractivity contribution < 1.29 is 14.4 Å². The Kier molecular flexibility index (Phi) is 23.8. The smallest absolute Gasteiger partial charge is 0.119 e. The molecule has 0 bridgehead atoms. The van der Waals surface area contributed by atoms with Crippen LogP contribution in [0, 0.1) is 5.92 Å². The molecule has 0 amide bonds. The number of likely N-dealkylation sites (N-methyl/N-ethyl adjacent to an activating group) is 1. The molecule has 26 heavy (non-hydrogen) atoms. The number of carbonyl (C=O) groups is 1. The van der Waals surface area contributed by atoms with E-state index in [9.17, 15) is 4.79 Å². The fraction of sp³-hybridized carbons (Fsp3) is 0.773. The number of rotatable bonds is 1. The van der Waals surface area contributed by atoms with E-state index < -0.39 is 0 Å². The number of aliphatic hydroxyl groups excluding tert-OH is 1. The summed E-state index contributed by atoms with van der Waals surface area (Å²) in [5, 5.41) is 13.1. The van der Waals surface area contributed by atoms with Gasteiger partial charge in [0.2, 0.25) is 0 Å². The van der Waals surface area contributed by atoms with Crippen molar-refractivity contribution in [3.05, 3.63) is 22.9 Å². The van der Waals surface area contributed by atoms with Crippen molar-refractivity contribution in [2.75, 3.05) is 27.2 Å². The molecule has 0 radical (unpaired) electrons. The number of thiophene rings is 1. The van der Waals surface area contributed by atoms with E-state index in [-0.39, 0.29) is 13.5 Å². The van der Waals surface area contributed by atoms with Gasteiger partial charge in [0, 0.05) is 12.8 Å². The molecule has 1 atom stereocenters. The van der Waals surface area contributed by atoms with Crippen molar-refractivity contribution in [2.24, 2.45) is 5.92 Å². The molecule has 4 heteroatoms. The van der Waals surface area contributed by atoms with E-state index >= 15 is 0 Å². The molecule has 1 aromatic heterocycles. The topological polar surface area (TPSA) is 37.3 Å². The van der Waals surface area contributed by atoms with Crippen LogP contribution in [-0.4, -0.2) is 49.2 Å². The minimum Gasteiger partial charge on any atom is -0.387 e. The maximum Gasteiger partial charge on any atom is 0.119 e. The summed E-state index contributed by atoms with van der Waals surface area (Å²) in [6, 6.07) is 4.04. The van der Waals surface area contributed by atoms with E-state index in [0.717, 1.165) is 36.2 Å². The van der Waals surface area contributed by atoms with E-state index in [4.69, 9.17) is 5.11 Å². The lowest BCUT2D eigenvalue weighted by atomic mass is 10.2. The fourth-order valence-electron chi connectivity index (χ4n) is 2.61. The molecule has 1 aromatic rings. The number of aliphatic hydroxyl groups is 1. The van der Waals surface area contributed by atoms with Crippen LogP contribution in [0.15, 0.2) is 22.9 Å². The van der Waals surface area contributed by atoms with E-state index in [1.54, 1.807) is 11.3 Å². The van der Waals surface area contributed by atoms with Gasteiger partial charge in [0.15, 0.2) is 0 Å². The van der Waals surface area contributed by atoms with Crippen LogP contribution in [0.4, 0.5) is 0 Å². The van der Waals surface area contributed by atoms with Crippen molar-refractivity contribution in [1.82, 2.24) is 0 Å². The third-order valence-corrected chi connectivity index (χ3v) is 4.64. The summed E-state index contributed by atoms with van der Waals surface area (Å²) in [5.74, 6) is 1.05. The molecule has 156 valence electrons. The van der Waals surface area contributed by atoms with E-state index in [1.165, 1.54) is 25.7 Å². The highest BCUT2D eigenvalue weighted by molar-refractivity contribution is 7.07. The SMILES string of the molecule is C.CC.CC1CCCC1.CCC=O.C[N+]1(C)CCC(O)C1.c1ccsc1. The van der Waals surface area contributed by atoms with Crippen molar-refractivity contribution in [3.63, 3.8) is 0 Å². The summed E-state index contributed by atoms with van der Waals surface area (Å²) in [6.07, 6.45) is 8.40. The Hall–Kier alpha value is -0.710. The molecule has 1 aliphatic carbocycles. The first-order valence-electron chi connectivity index (χ1n) is 9.82. The van der Waals surface area contributed by atoms with Crippen molar-refractivity contribution >= 4 is 17.6 Å². The first kappa shape index (κ1) is 30.0. The van der Waals surface area contributed by atoms with Crippen LogP contribution in [0.1, 0.15) is 73.6 Å². The second-order valence-corrected chi connectivity index (χ2v) is 7.86. The van der Waals surface area contributed by atoms with Gasteiger partial charge in [-0.25, -0.2) is 0 Å². The molecule has 2 aliphatic rings.